The molecule has 2 nitrogen and oxygen atoms in total. The summed E-state index contributed by atoms with van der Waals surface area (Å²) in [5.74, 6) is -4.28. The highest BCUT2D eigenvalue weighted by molar-refractivity contribution is 5.90. The van der Waals surface area contributed by atoms with E-state index in [4.69, 9.17) is 5.73 Å². The van der Waals surface area contributed by atoms with Gasteiger partial charge in [0.15, 0.2) is 11.6 Å². The van der Waals surface area contributed by atoms with Crippen molar-refractivity contribution in [2.75, 3.05) is 0 Å². The van der Waals surface area contributed by atoms with Crippen LogP contribution in [-0.4, -0.2) is 5.91 Å². The Hall–Kier alpha value is -1.78. The first-order chi connectivity index (χ1) is 6.50. The Balaban J connectivity index is 3.14. The van der Waals surface area contributed by atoms with Crippen LogP contribution in [0.25, 0.3) is 6.08 Å². The molecule has 0 aliphatic heterocycles. The summed E-state index contributed by atoms with van der Waals surface area (Å²) in [6.07, 6.45) is 1.72. The third-order valence-electron chi connectivity index (χ3n) is 1.45. The van der Waals surface area contributed by atoms with Crippen molar-refractivity contribution < 1.29 is 18.0 Å². The zero-order chi connectivity index (χ0) is 10.7. The Kier molecular flexibility index (Phi) is 2.91. The molecule has 0 saturated heterocycles. The molecule has 0 atom stereocenters. The molecule has 0 fully saturated rings. The van der Waals surface area contributed by atoms with E-state index < -0.39 is 23.4 Å². The standard InChI is InChI=1S/C9H6F3NO/c10-6-3-5(1-2-8(13)14)9(12)7(11)4-6/h1-4H,(H2,13,14). The van der Waals surface area contributed by atoms with E-state index in [1.807, 2.05) is 0 Å². The molecular weight excluding hydrogens is 195 g/mol. The molecule has 14 heavy (non-hydrogen) atoms. The van der Waals surface area contributed by atoms with Crippen LogP contribution in [0.3, 0.4) is 0 Å². The Labute approximate surface area is 77.8 Å². The fourth-order valence-corrected chi connectivity index (χ4v) is 0.869. The van der Waals surface area contributed by atoms with Crippen molar-refractivity contribution in [3.8, 4) is 0 Å². The van der Waals surface area contributed by atoms with Gasteiger partial charge in [0, 0.05) is 17.7 Å². The van der Waals surface area contributed by atoms with Gasteiger partial charge in [0.25, 0.3) is 0 Å². The van der Waals surface area contributed by atoms with E-state index >= 15 is 0 Å². The molecular formula is C9H6F3NO. The van der Waals surface area contributed by atoms with Gasteiger partial charge in [0.1, 0.15) is 5.82 Å². The van der Waals surface area contributed by atoms with Gasteiger partial charge in [-0.25, -0.2) is 13.2 Å². The Morgan fingerprint density at radius 3 is 2.50 bits per heavy atom. The van der Waals surface area contributed by atoms with Gasteiger partial charge in [-0.3, -0.25) is 4.79 Å². The van der Waals surface area contributed by atoms with Crippen LogP contribution in [-0.2, 0) is 4.79 Å². The molecule has 1 rings (SSSR count). The summed E-state index contributed by atoms with van der Waals surface area (Å²) in [7, 11) is 0. The minimum Gasteiger partial charge on any atom is -0.366 e. The lowest BCUT2D eigenvalue weighted by Crippen LogP contribution is -2.05. The number of benzene rings is 1. The maximum atomic E-state index is 12.9. The fraction of sp³-hybridized carbons (Fsp3) is 0. The van der Waals surface area contributed by atoms with Gasteiger partial charge in [-0.05, 0) is 12.1 Å². The largest absolute Gasteiger partial charge is 0.366 e. The third kappa shape index (κ3) is 2.35. The van der Waals surface area contributed by atoms with Crippen LogP contribution in [0.15, 0.2) is 18.2 Å². The van der Waals surface area contributed by atoms with Gasteiger partial charge in [-0.1, -0.05) is 0 Å². The molecule has 0 aliphatic carbocycles. The Morgan fingerprint density at radius 1 is 1.29 bits per heavy atom. The van der Waals surface area contributed by atoms with E-state index in [0.717, 1.165) is 18.2 Å². The van der Waals surface area contributed by atoms with E-state index in [-0.39, 0.29) is 5.56 Å². The van der Waals surface area contributed by atoms with E-state index in [9.17, 15) is 18.0 Å². The minimum atomic E-state index is -1.31. The Bertz CT molecular complexity index is 401. The van der Waals surface area contributed by atoms with Gasteiger partial charge in [-0.2, -0.15) is 0 Å². The van der Waals surface area contributed by atoms with E-state index in [2.05, 4.69) is 0 Å². The summed E-state index contributed by atoms with van der Waals surface area (Å²) in [5.41, 5.74) is 4.37. The summed E-state index contributed by atoms with van der Waals surface area (Å²) in [5, 5.41) is 0. The number of rotatable bonds is 2. The summed E-state index contributed by atoms with van der Waals surface area (Å²) in [6, 6.07) is 1.18. The lowest BCUT2D eigenvalue weighted by molar-refractivity contribution is -0.113. The van der Waals surface area contributed by atoms with Crippen LogP contribution in [0.4, 0.5) is 13.2 Å². The highest BCUT2D eigenvalue weighted by Gasteiger charge is 2.08. The molecule has 0 heterocycles. The van der Waals surface area contributed by atoms with Crippen molar-refractivity contribution in [3.05, 3.63) is 41.2 Å². The molecule has 0 saturated carbocycles. The lowest BCUT2D eigenvalue weighted by Gasteiger charge is -1.98. The number of primary amides is 1. The lowest BCUT2D eigenvalue weighted by atomic mass is 10.2. The summed E-state index contributed by atoms with van der Waals surface area (Å²) in [4.78, 5) is 10.3. The molecule has 2 N–H and O–H groups in total. The molecule has 0 aliphatic rings. The monoisotopic (exact) mass is 201 g/mol. The van der Waals surface area contributed by atoms with Gasteiger partial charge in [0.2, 0.25) is 5.91 Å². The first-order valence-electron chi connectivity index (χ1n) is 3.63. The van der Waals surface area contributed by atoms with E-state index in [0.29, 0.717) is 6.07 Å². The summed E-state index contributed by atoms with van der Waals surface area (Å²) < 4.78 is 38.1. The van der Waals surface area contributed by atoms with Crippen LogP contribution < -0.4 is 5.73 Å². The second-order valence-electron chi connectivity index (χ2n) is 2.53. The number of halogens is 3. The molecule has 1 amide bonds. The Morgan fingerprint density at radius 2 is 1.93 bits per heavy atom. The van der Waals surface area contributed by atoms with Crippen molar-refractivity contribution in [3.63, 3.8) is 0 Å². The minimum absolute atomic E-state index is 0.360. The topological polar surface area (TPSA) is 43.1 Å². The number of hydrogen-bond donors (Lipinski definition) is 1. The van der Waals surface area contributed by atoms with Crippen LogP contribution in [0.2, 0.25) is 0 Å². The molecule has 1 aromatic carbocycles. The SMILES string of the molecule is NC(=O)C=Cc1cc(F)cc(F)c1F. The van der Waals surface area contributed by atoms with Crippen molar-refractivity contribution in [1.82, 2.24) is 0 Å². The molecule has 0 bridgehead atoms. The molecule has 0 aromatic heterocycles. The maximum absolute atomic E-state index is 12.9. The van der Waals surface area contributed by atoms with Crippen molar-refractivity contribution >= 4 is 12.0 Å². The first-order valence-corrected chi connectivity index (χ1v) is 3.63. The number of hydrogen-bond acceptors (Lipinski definition) is 1. The smallest absolute Gasteiger partial charge is 0.241 e. The zero-order valence-electron chi connectivity index (χ0n) is 6.93. The van der Waals surface area contributed by atoms with Crippen LogP contribution >= 0.6 is 0 Å². The fourth-order valence-electron chi connectivity index (χ4n) is 0.869. The third-order valence-corrected chi connectivity index (χ3v) is 1.45. The zero-order valence-corrected chi connectivity index (χ0v) is 6.93. The normalized spacial score (nSPS) is 10.8. The van der Waals surface area contributed by atoms with Crippen LogP contribution in [0.5, 0.6) is 0 Å². The van der Waals surface area contributed by atoms with E-state index in [1.54, 1.807) is 0 Å². The van der Waals surface area contributed by atoms with Gasteiger partial charge in [0.05, 0.1) is 0 Å². The van der Waals surface area contributed by atoms with Crippen molar-refractivity contribution in [1.29, 1.82) is 0 Å². The second-order valence-corrected chi connectivity index (χ2v) is 2.53. The predicted molar refractivity (Wildman–Crippen MR) is 44.5 cm³/mol. The molecule has 0 spiro atoms. The molecule has 74 valence electrons. The number of nitrogens with two attached hydrogens (primary N) is 1. The average molecular weight is 201 g/mol. The number of amides is 1. The van der Waals surface area contributed by atoms with Gasteiger partial charge < -0.3 is 5.73 Å². The van der Waals surface area contributed by atoms with Gasteiger partial charge in [-0.15, -0.1) is 0 Å². The first kappa shape index (κ1) is 10.3. The highest BCUT2D eigenvalue weighted by Crippen LogP contribution is 2.15. The second kappa shape index (κ2) is 3.95. The van der Waals surface area contributed by atoms with Crippen LogP contribution in [0, 0.1) is 17.5 Å². The number of carbonyl (C=O) groups excluding carboxylic acids is 1. The number of carbonyl (C=O) groups is 1. The summed E-state index contributed by atoms with van der Waals surface area (Å²) in [6.45, 7) is 0. The predicted octanol–water partition coefficient (Wildman–Crippen LogP) is 1.60. The molecule has 1 aromatic rings. The highest BCUT2D eigenvalue weighted by atomic mass is 19.2. The molecule has 0 radical (unpaired) electrons. The van der Waals surface area contributed by atoms with Crippen molar-refractivity contribution in [2.45, 2.75) is 0 Å². The van der Waals surface area contributed by atoms with Crippen molar-refractivity contribution in [2.24, 2.45) is 5.73 Å². The average Bonchev–Trinajstić information content (AvgIpc) is 2.08. The van der Waals surface area contributed by atoms with E-state index in [1.165, 1.54) is 0 Å². The quantitative estimate of drug-likeness (QED) is 0.573. The molecule has 0 unspecified atom stereocenters. The maximum Gasteiger partial charge on any atom is 0.241 e. The summed E-state index contributed by atoms with van der Waals surface area (Å²) >= 11 is 0. The van der Waals surface area contributed by atoms with Crippen LogP contribution in [0.1, 0.15) is 5.56 Å². The van der Waals surface area contributed by atoms with Gasteiger partial charge >= 0.3 is 0 Å². The molecule has 5 heteroatoms.